The van der Waals surface area contributed by atoms with E-state index < -0.39 is 0 Å². The quantitative estimate of drug-likeness (QED) is 0.377. The van der Waals surface area contributed by atoms with Gasteiger partial charge in [0, 0.05) is 34.7 Å². The normalized spacial score (nSPS) is 7.36. The third-order valence-electron chi connectivity index (χ3n) is 1.22. The second-order valence-electron chi connectivity index (χ2n) is 4.10. The summed E-state index contributed by atoms with van der Waals surface area (Å²) in [4.78, 5) is 59.9. The molecule has 0 heterocycles. The molecule has 1 radical (unpaired) electrons. The Morgan fingerprint density at radius 2 is 0.500 bits per heavy atom. The molecule has 22 heavy (non-hydrogen) atoms. The topological polar surface area (TPSA) is 102 Å². The molecule has 0 aliphatic rings. The van der Waals surface area contributed by atoms with Crippen molar-refractivity contribution in [1.82, 2.24) is 0 Å². The van der Waals surface area contributed by atoms with Crippen molar-refractivity contribution < 1.29 is 48.2 Å². The van der Waals surface area contributed by atoms with Gasteiger partial charge in [0.15, 0.2) is 0 Å². The molecule has 0 aliphatic carbocycles. The van der Waals surface area contributed by atoms with E-state index in [1.165, 1.54) is 41.5 Å². The fourth-order valence-electron chi connectivity index (χ4n) is 0.859. The first-order valence-electron chi connectivity index (χ1n) is 5.96. The Kier molecular flexibility index (Phi) is 22.4. The summed E-state index contributed by atoms with van der Waals surface area (Å²) in [5.74, 6) is -1.12. The van der Waals surface area contributed by atoms with Crippen LogP contribution in [0, 0.1) is 19.3 Å². The van der Waals surface area contributed by atoms with Gasteiger partial charge in [-0.05, 0) is 41.5 Å². The molecule has 0 N–H and O–H groups in total. The molecule has 0 saturated carbocycles. The number of hydrogen-bond donors (Lipinski definition) is 0. The number of ketones is 6. The number of hydrogen-bond acceptors (Lipinski definition) is 6. The van der Waals surface area contributed by atoms with E-state index in [0.717, 1.165) is 19.3 Å². The molecule has 125 valence electrons. The zero-order chi connectivity index (χ0) is 17.6. The van der Waals surface area contributed by atoms with Crippen molar-refractivity contribution in [2.24, 2.45) is 0 Å². The van der Waals surface area contributed by atoms with Crippen molar-refractivity contribution in [3.05, 3.63) is 19.3 Å². The molecule has 0 rings (SSSR count). The van der Waals surface area contributed by atoms with E-state index in [4.69, 9.17) is 0 Å². The van der Waals surface area contributed by atoms with Gasteiger partial charge in [0.1, 0.15) is 0 Å². The maximum Gasteiger partial charge on any atom is 3.00 e. The fraction of sp³-hybridized carbons (Fsp3) is 0.400. The Balaban J connectivity index is -0.000000108. The van der Waals surface area contributed by atoms with Crippen molar-refractivity contribution in [3.8, 4) is 0 Å². The van der Waals surface area contributed by atoms with Crippen LogP contribution in [0.5, 0.6) is 0 Å². The van der Waals surface area contributed by atoms with E-state index in [0.29, 0.717) is 0 Å². The van der Waals surface area contributed by atoms with Crippen molar-refractivity contribution >= 4 is 34.7 Å². The minimum Gasteiger partial charge on any atom is -0.334 e. The van der Waals surface area contributed by atoms with Crippen molar-refractivity contribution in [2.45, 2.75) is 41.5 Å². The smallest absolute Gasteiger partial charge is 0.334 e. The molecule has 0 bridgehead atoms. The van der Waals surface area contributed by atoms with Gasteiger partial charge in [-0.25, -0.2) is 0 Å². The largest absolute Gasteiger partial charge is 3.00 e. The summed E-state index contributed by atoms with van der Waals surface area (Å²) >= 11 is 0. The van der Waals surface area contributed by atoms with Gasteiger partial charge < -0.3 is 28.8 Å². The first-order chi connectivity index (χ1) is 9.38. The van der Waals surface area contributed by atoms with Crippen LogP contribution in [0.15, 0.2) is 0 Å². The van der Waals surface area contributed by atoms with Crippen LogP contribution in [-0.2, 0) is 48.2 Å². The van der Waals surface area contributed by atoms with Crippen molar-refractivity contribution in [1.29, 1.82) is 0 Å². The van der Waals surface area contributed by atoms with Gasteiger partial charge >= 0.3 is 19.5 Å². The molecular formula is C15H21O6Ru. The zero-order valence-corrected chi connectivity index (χ0v) is 15.3. The standard InChI is InChI=1S/3C5H7O2.Ru/c3*1-4(6)3-5(2)7;/h3*3H,1-2H3;/q3*-1;+3. The molecule has 0 saturated heterocycles. The zero-order valence-electron chi connectivity index (χ0n) is 13.5. The van der Waals surface area contributed by atoms with Gasteiger partial charge in [-0.1, -0.05) is 0 Å². The van der Waals surface area contributed by atoms with E-state index in [1.807, 2.05) is 0 Å². The van der Waals surface area contributed by atoms with Gasteiger partial charge in [0.05, 0.1) is 0 Å². The molecule has 0 amide bonds. The molecule has 0 atom stereocenters. The number of carbonyl (C=O) groups excluding carboxylic acids is 6. The van der Waals surface area contributed by atoms with Crippen LogP contribution in [0.1, 0.15) is 41.5 Å². The van der Waals surface area contributed by atoms with Crippen LogP contribution >= 0.6 is 0 Å². The predicted molar refractivity (Wildman–Crippen MR) is 77.0 cm³/mol. The third kappa shape index (κ3) is 51.7. The molecule has 6 nitrogen and oxygen atoms in total. The Bertz CT molecular complexity index is 314. The van der Waals surface area contributed by atoms with Crippen LogP contribution in [0.3, 0.4) is 0 Å². The number of carbonyl (C=O) groups is 6. The summed E-state index contributed by atoms with van der Waals surface area (Å²) in [5, 5.41) is 0. The molecule has 0 aromatic rings. The summed E-state index contributed by atoms with van der Waals surface area (Å²) in [7, 11) is 0. The van der Waals surface area contributed by atoms with Crippen molar-refractivity contribution in [2.75, 3.05) is 0 Å². The molecule has 0 fully saturated rings. The second-order valence-corrected chi connectivity index (χ2v) is 4.10. The van der Waals surface area contributed by atoms with Crippen LogP contribution in [0.25, 0.3) is 0 Å². The van der Waals surface area contributed by atoms with E-state index in [9.17, 15) is 28.8 Å². The van der Waals surface area contributed by atoms with E-state index in [-0.39, 0.29) is 54.2 Å². The number of rotatable bonds is 6. The molecule has 0 aliphatic heterocycles. The molecular weight excluding hydrogens is 377 g/mol. The van der Waals surface area contributed by atoms with E-state index in [1.54, 1.807) is 0 Å². The summed E-state index contributed by atoms with van der Waals surface area (Å²) in [5.41, 5.74) is 0. The van der Waals surface area contributed by atoms with Gasteiger partial charge in [-0.3, -0.25) is 19.3 Å². The first kappa shape index (κ1) is 28.4. The minimum absolute atomic E-state index is 0. The Morgan fingerprint density at radius 3 is 0.500 bits per heavy atom. The summed E-state index contributed by atoms with van der Waals surface area (Å²) in [6.07, 6.45) is 3.17. The van der Waals surface area contributed by atoms with Gasteiger partial charge in [0.2, 0.25) is 0 Å². The minimum atomic E-state index is -0.187. The third-order valence-corrected chi connectivity index (χ3v) is 1.22. The second kappa shape index (κ2) is 17.3. The molecule has 0 aromatic heterocycles. The molecule has 0 aromatic carbocycles. The van der Waals surface area contributed by atoms with Crippen LogP contribution < -0.4 is 0 Å². The molecule has 0 unspecified atom stereocenters. The van der Waals surface area contributed by atoms with Crippen LogP contribution in [-0.4, -0.2) is 34.7 Å². The SMILES string of the molecule is CC(=O)[CH-]C(C)=O.CC(=O)[CH-]C(C)=O.CC(=O)[CH-]C(C)=O.[Ru+3]. The molecule has 7 heteroatoms. The summed E-state index contributed by atoms with van der Waals surface area (Å²) < 4.78 is 0. The summed E-state index contributed by atoms with van der Waals surface area (Å²) in [6, 6.07) is 0. The first-order valence-corrected chi connectivity index (χ1v) is 5.96. The monoisotopic (exact) mass is 399 g/mol. The average molecular weight is 398 g/mol. The Labute approximate surface area is 144 Å². The molecule has 0 spiro atoms. The maximum atomic E-state index is 9.98. The van der Waals surface area contributed by atoms with Crippen LogP contribution in [0.4, 0.5) is 0 Å². The average Bonchev–Trinajstić information content (AvgIpc) is 2.10. The van der Waals surface area contributed by atoms with Gasteiger partial charge in [0.25, 0.3) is 0 Å². The van der Waals surface area contributed by atoms with Gasteiger partial charge in [-0.2, -0.15) is 0 Å². The van der Waals surface area contributed by atoms with E-state index >= 15 is 0 Å². The van der Waals surface area contributed by atoms with E-state index in [2.05, 4.69) is 0 Å². The fourth-order valence-corrected chi connectivity index (χ4v) is 0.859. The Morgan fingerprint density at radius 1 is 0.409 bits per heavy atom. The maximum absolute atomic E-state index is 9.98. The predicted octanol–water partition coefficient (Wildman–Crippen LogP) is 1.10. The summed E-state index contributed by atoms with van der Waals surface area (Å²) in [6.45, 7) is 8.09. The van der Waals surface area contributed by atoms with Crippen molar-refractivity contribution in [3.63, 3.8) is 0 Å². The Hall–Kier alpha value is -1.75. The number of Topliss-reactive ketones (excluding diaryl/α,β-unsaturated/α-hetero) is 6. The van der Waals surface area contributed by atoms with Crippen LogP contribution in [0.2, 0.25) is 0 Å². The van der Waals surface area contributed by atoms with Gasteiger partial charge in [-0.15, -0.1) is 0 Å².